The Labute approximate surface area is 94.0 Å². The van der Waals surface area contributed by atoms with E-state index in [-0.39, 0.29) is 0 Å². The molecule has 0 rings (SSSR count). The Bertz CT molecular complexity index is 173. The molecule has 90 valence electrons. The Balaban J connectivity index is 3.81. The molecule has 0 aromatic rings. The maximum atomic E-state index is 5.31. The molecule has 0 heterocycles. The van der Waals surface area contributed by atoms with E-state index in [1.54, 1.807) is 21.3 Å². The van der Waals surface area contributed by atoms with Crippen molar-refractivity contribution in [2.75, 3.05) is 27.9 Å². The smallest absolute Gasteiger partial charge is 0.377 e. The number of nitrogens with zero attached hydrogens (tertiary/aromatic N) is 1. The lowest BCUT2D eigenvalue weighted by Crippen LogP contribution is -2.42. The molecular weight excluding hydrogens is 210 g/mol. The minimum atomic E-state index is -2.37. The van der Waals surface area contributed by atoms with Gasteiger partial charge in [-0.1, -0.05) is 13.8 Å². The number of rotatable bonds is 8. The third-order valence-electron chi connectivity index (χ3n) is 2.11. The van der Waals surface area contributed by atoms with Gasteiger partial charge in [-0.05, 0) is 12.3 Å². The van der Waals surface area contributed by atoms with E-state index in [0.29, 0.717) is 5.92 Å². The third kappa shape index (κ3) is 6.04. The predicted molar refractivity (Wildman–Crippen MR) is 64.4 cm³/mol. The van der Waals surface area contributed by atoms with Crippen LogP contribution in [0.25, 0.3) is 0 Å². The normalized spacial score (nSPS) is 12.9. The van der Waals surface area contributed by atoms with Crippen LogP contribution < -0.4 is 0 Å². The quantitative estimate of drug-likeness (QED) is 0.366. The van der Waals surface area contributed by atoms with Gasteiger partial charge in [0.2, 0.25) is 0 Å². The maximum absolute atomic E-state index is 5.31. The Morgan fingerprint density at radius 2 is 1.67 bits per heavy atom. The molecule has 0 N–H and O–H groups in total. The highest BCUT2D eigenvalue weighted by atomic mass is 28.4. The summed E-state index contributed by atoms with van der Waals surface area (Å²) in [5, 5.41) is 0. The van der Waals surface area contributed by atoms with Crippen LogP contribution in [0.15, 0.2) is 4.99 Å². The van der Waals surface area contributed by atoms with Gasteiger partial charge in [0.05, 0.1) is 0 Å². The van der Waals surface area contributed by atoms with Gasteiger partial charge in [-0.15, -0.1) is 0 Å². The van der Waals surface area contributed by atoms with Crippen molar-refractivity contribution in [3.05, 3.63) is 0 Å². The first-order valence-electron chi connectivity index (χ1n) is 5.25. The third-order valence-corrected chi connectivity index (χ3v) is 4.94. The zero-order valence-corrected chi connectivity index (χ0v) is 11.4. The fourth-order valence-electron chi connectivity index (χ4n) is 1.23. The number of aliphatic imine (C=N–C) groups is 1. The summed E-state index contributed by atoms with van der Waals surface area (Å²) in [4.78, 5) is 4.31. The van der Waals surface area contributed by atoms with Crippen molar-refractivity contribution in [1.29, 1.82) is 0 Å². The van der Waals surface area contributed by atoms with E-state index >= 15 is 0 Å². The molecule has 0 aromatic heterocycles. The lowest BCUT2D eigenvalue weighted by atomic mass is 10.2. The molecule has 0 bridgehead atoms. The first-order chi connectivity index (χ1) is 7.10. The standard InChI is InChI=1S/C10H23NO3Si/c1-10(2)9-11-7-6-8-15(12-3,13-4)14-5/h9-10H,6-8H2,1-5H3. The van der Waals surface area contributed by atoms with Gasteiger partial charge in [0.25, 0.3) is 0 Å². The van der Waals surface area contributed by atoms with E-state index in [1.165, 1.54) is 0 Å². The highest BCUT2D eigenvalue weighted by Gasteiger charge is 2.36. The summed E-state index contributed by atoms with van der Waals surface area (Å²) in [6.07, 6.45) is 2.90. The fraction of sp³-hybridized carbons (Fsp3) is 0.900. The second-order valence-electron chi connectivity index (χ2n) is 3.70. The minimum Gasteiger partial charge on any atom is -0.377 e. The second-order valence-corrected chi connectivity index (χ2v) is 6.79. The van der Waals surface area contributed by atoms with Crippen LogP contribution in [0.1, 0.15) is 20.3 Å². The van der Waals surface area contributed by atoms with E-state index in [4.69, 9.17) is 13.3 Å². The van der Waals surface area contributed by atoms with Gasteiger partial charge < -0.3 is 13.3 Å². The summed E-state index contributed by atoms with van der Waals surface area (Å²) in [5.41, 5.74) is 0. The van der Waals surface area contributed by atoms with Crippen molar-refractivity contribution in [3.63, 3.8) is 0 Å². The Hall–Kier alpha value is -0.233. The molecule has 4 nitrogen and oxygen atoms in total. The number of hydrogen-bond donors (Lipinski definition) is 0. The molecule has 0 amide bonds. The summed E-state index contributed by atoms with van der Waals surface area (Å²) in [6.45, 7) is 5.03. The number of hydrogen-bond acceptors (Lipinski definition) is 4. The van der Waals surface area contributed by atoms with Crippen molar-refractivity contribution in [2.24, 2.45) is 10.9 Å². The topological polar surface area (TPSA) is 40.0 Å². The van der Waals surface area contributed by atoms with Crippen molar-refractivity contribution >= 4 is 15.0 Å². The minimum absolute atomic E-state index is 0.513. The predicted octanol–water partition coefficient (Wildman–Crippen LogP) is 1.98. The molecule has 0 aliphatic carbocycles. The van der Waals surface area contributed by atoms with Gasteiger partial charge in [-0.2, -0.15) is 0 Å². The van der Waals surface area contributed by atoms with Crippen LogP contribution in [0.2, 0.25) is 6.04 Å². The zero-order chi connectivity index (χ0) is 11.7. The van der Waals surface area contributed by atoms with Gasteiger partial charge >= 0.3 is 8.80 Å². The largest absolute Gasteiger partial charge is 0.500 e. The molecular formula is C10H23NO3Si. The molecule has 0 aliphatic heterocycles. The molecule has 0 aliphatic rings. The molecule has 5 heteroatoms. The van der Waals surface area contributed by atoms with Crippen LogP contribution in [0.4, 0.5) is 0 Å². The van der Waals surface area contributed by atoms with E-state index < -0.39 is 8.80 Å². The maximum Gasteiger partial charge on any atom is 0.500 e. The SMILES string of the molecule is CO[Si](CCCN=CC(C)C)(OC)OC. The highest BCUT2D eigenvalue weighted by Crippen LogP contribution is 2.14. The van der Waals surface area contributed by atoms with Crippen LogP contribution in [-0.4, -0.2) is 42.9 Å². The van der Waals surface area contributed by atoms with Gasteiger partial charge in [-0.25, -0.2) is 0 Å². The van der Waals surface area contributed by atoms with Gasteiger partial charge in [0.1, 0.15) is 0 Å². The molecule has 0 fully saturated rings. The summed E-state index contributed by atoms with van der Waals surface area (Å²) in [5.74, 6) is 0.513. The Morgan fingerprint density at radius 1 is 1.13 bits per heavy atom. The molecule has 0 saturated carbocycles. The van der Waals surface area contributed by atoms with Crippen molar-refractivity contribution in [3.8, 4) is 0 Å². The van der Waals surface area contributed by atoms with Gasteiger partial charge in [0, 0.05) is 40.1 Å². The first-order valence-corrected chi connectivity index (χ1v) is 7.18. The lowest BCUT2D eigenvalue weighted by Gasteiger charge is -2.23. The fourth-order valence-corrected chi connectivity index (χ4v) is 2.93. The summed E-state index contributed by atoms with van der Waals surface area (Å²) in [7, 11) is 2.54. The van der Waals surface area contributed by atoms with E-state index in [2.05, 4.69) is 18.8 Å². The average Bonchev–Trinajstić information content (AvgIpc) is 2.24. The van der Waals surface area contributed by atoms with Crippen molar-refractivity contribution < 1.29 is 13.3 Å². The monoisotopic (exact) mass is 233 g/mol. The van der Waals surface area contributed by atoms with Crippen molar-refractivity contribution in [1.82, 2.24) is 0 Å². The molecule has 0 saturated heterocycles. The lowest BCUT2D eigenvalue weighted by molar-refractivity contribution is 0.123. The summed E-state index contributed by atoms with van der Waals surface area (Å²) in [6, 6.07) is 0.811. The Kier molecular flexibility index (Phi) is 7.86. The van der Waals surface area contributed by atoms with E-state index in [0.717, 1.165) is 19.0 Å². The van der Waals surface area contributed by atoms with E-state index in [1.807, 2.05) is 6.21 Å². The molecule has 0 radical (unpaired) electrons. The first kappa shape index (κ1) is 14.8. The van der Waals surface area contributed by atoms with Crippen LogP contribution >= 0.6 is 0 Å². The van der Waals surface area contributed by atoms with Gasteiger partial charge in [-0.3, -0.25) is 4.99 Å². The molecule has 0 aromatic carbocycles. The summed E-state index contributed by atoms with van der Waals surface area (Å²) < 4.78 is 15.9. The van der Waals surface area contributed by atoms with Crippen LogP contribution in [0.3, 0.4) is 0 Å². The second kappa shape index (κ2) is 7.98. The molecule has 0 atom stereocenters. The van der Waals surface area contributed by atoms with E-state index in [9.17, 15) is 0 Å². The molecule has 15 heavy (non-hydrogen) atoms. The summed E-state index contributed by atoms with van der Waals surface area (Å²) >= 11 is 0. The Morgan fingerprint density at radius 3 is 2.07 bits per heavy atom. The van der Waals surface area contributed by atoms with Crippen molar-refractivity contribution in [2.45, 2.75) is 26.3 Å². The van der Waals surface area contributed by atoms with Crippen LogP contribution in [0.5, 0.6) is 0 Å². The molecule has 0 spiro atoms. The van der Waals surface area contributed by atoms with Gasteiger partial charge in [0.15, 0.2) is 0 Å². The van der Waals surface area contributed by atoms with Crippen LogP contribution in [-0.2, 0) is 13.3 Å². The zero-order valence-electron chi connectivity index (χ0n) is 10.4. The van der Waals surface area contributed by atoms with Crippen LogP contribution in [0, 0.1) is 5.92 Å². The highest BCUT2D eigenvalue weighted by molar-refractivity contribution is 6.60. The molecule has 0 unspecified atom stereocenters. The average molecular weight is 233 g/mol.